The van der Waals surface area contributed by atoms with E-state index in [2.05, 4.69) is 25.3 Å². The van der Waals surface area contributed by atoms with E-state index in [1.807, 2.05) is 0 Å². The van der Waals surface area contributed by atoms with Crippen LogP contribution >= 0.6 is 0 Å². The number of nitrogens with two attached hydrogens (primary N) is 1. The van der Waals surface area contributed by atoms with Gasteiger partial charge in [0.2, 0.25) is 20.0 Å². The third-order valence-electron chi connectivity index (χ3n) is 9.66. The molecule has 0 atom stereocenters. The average molecular weight is 877 g/mol. The number of halogens is 2. The fourth-order valence-electron chi connectivity index (χ4n) is 6.54. The van der Waals surface area contributed by atoms with Gasteiger partial charge in [-0.05, 0) is 85.3 Å². The standard InChI is InChI=1S/C20H19FN4O4S.C14H15N3O4S.C7H8FN/c21-14-7-5-13(6-8-14)12-23-20(27)17-18(26)16-15(4-3-9-22-16)19(24-17)25-10-1-2-11-30(25,28)29;1-9(18)11-13(19)12-10(5-4-6-15-12)14(16-11)17-7-2-3-8-22(17,20)21;8-7-3-1-6(5-9)2-4-7/h3-9,26H,1-2,10-12H2,(H,23,27);4-6,19H,2-3,7-8H2,1H3;1-4H,5,9H2. The van der Waals surface area contributed by atoms with Crippen molar-refractivity contribution in [2.45, 2.75) is 45.7 Å². The van der Waals surface area contributed by atoms with Gasteiger partial charge in [0, 0.05) is 56.3 Å². The van der Waals surface area contributed by atoms with Crippen LogP contribution in [0.25, 0.3) is 21.8 Å². The van der Waals surface area contributed by atoms with Gasteiger partial charge >= 0.3 is 0 Å². The molecule has 2 fully saturated rings. The molecule has 8 rings (SSSR count). The quantitative estimate of drug-likeness (QED) is 0.153. The number of nitrogens with zero attached hydrogens (tertiary/aromatic N) is 6. The summed E-state index contributed by atoms with van der Waals surface area (Å²) in [5.74, 6) is -2.23. The Hall–Kier alpha value is -6.38. The third kappa shape index (κ3) is 10.2. The molecule has 0 saturated carbocycles. The molecule has 320 valence electrons. The summed E-state index contributed by atoms with van der Waals surface area (Å²) in [7, 11) is -7.06. The lowest BCUT2D eigenvalue weighted by Crippen LogP contribution is -2.39. The Morgan fingerprint density at radius 1 is 0.689 bits per heavy atom. The van der Waals surface area contributed by atoms with Gasteiger partial charge in [-0.2, -0.15) is 0 Å². The Morgan fingerprint density at radius 2 is 1.13 bits per heavy atom. The molecular formula is C41H42F2N8O8S2. The van der Waals surface area contributed by atoms with Gasteiger partial charge in [-0.25, -0.2) is 35.6 Å². The van der Waals surface area contributed by atoms with Crippen LogP contribution < -0.4 is 19.7 Å². The lowest BCUT2D eigenvalue weighted by molar-refractivity contribution is 0.0942. The number of carbonyl (C=O) groups is 2. The number of sulfonamides is 2. The molecule has 0 unspecified atom stereocenters. The summed E-state index contributed by atoms with van der Waals surface area (Å²) in [5, 5.41) is 24.1. The first kappa shape index (κ1) is 44.2. The van der Waals surface area contributed by atoms with Gasteiger partial charge in [0.1, 0.15) is 22.7 Å². The third-order valence-corrected chi connectivity index (χ3v) is 13.3. The zero-order valence-electron chi connectivity index (χ0n) is 32.8. The number of carbonyl (C=O) groups excluding carboxylic acids is 2. The minimum atomic E-state index is -3.59. The van der Waals surface area contributed by atoms with Crippen molar-refractivity contribution < 1.29 is 45.4 Å². The van der Waals surface area contributed by atoms with E-state index in [1.165, 1.54) is 64.3 Å². The Labute approximate surface area is 350 Å². The molecule has 2 aromatic carbocycles. The number of hydrogen-bond donors (Lipinski definition) is 4. The van der Waals surface area contributed by atoms with E-state index in [9.17, 15) is 45.4 Å². The highest BCUT2D eigenvalue weighted by Gasteiger charge is 2.32. The van der Waals surface area contributed by atoms with Crippen LogP contribution in [0.1, 0.15) is 64.7 Å². The molecule has 2 aliphatic heterocycles. The number of benzene rings is 2. The smallest absolute Gasteiger partial charge is 0.274 e. The SMILES string of the molecule is CC(=O)c1nc(N2CCCCS2(=O)=O)c2cccnc2c1O.NCc1ccc(F)cc1.O=C(NCc1ccc(F)cc1)c1nc(N2CCCCS2(=O)=O)c2cccnc2c1O. The van der Waals surface area contributed by atoms with Crippen molar-refractivity contribution in [2.24, 2.45) is 5.73 Å². The second kappa shape index (κ2) is 18.9. The maximum atomic E-state index is 13.0. The minimum absolute atomic E-state index is 0.0105. The lowest BCUT2D eigenvalue weighted by Gasteiger charge is -2.28. The van der Waals surface area contributed by atoms with Gasteiger partial charge in [-0.1, -0.05) is 24.3 Å². The first-order chi connectivity index (χ1) is 29.1. The fraction of sp³-hybridized carbons (Fsp3) is 0.268. The van der Waals surface area contributed by atoms with Crippen LogP contribution in [-0.2, 0) is 33.1 Å². The maximum absolute atomic E-state index is 13.0. The van der Waals surface area contributed by atoms with E-state index in [4.69, 9.17) is 5.73 Å². The van der Waals surface area contributed by atoms with E-state index in [0.717, 1.165) is 12.0 Å². The number of anilines is 2. The summed E-state index contributed by atoms with van der Waals surface area (Å²) in [6.45, 7) is 2.37. The summed E-state index contributed by atoms with van der Waals surface area (Å²) in [6, 6.07) is 18.2. The molecule has 2 aliphatic rings. The summed E-state index contributed by atoms with van der Waals surface area (Å²) >= 11 is 0. The van der Waals surface area contributed by atoms with E-state index < -0.39 is 43.3 Å². The number of hydrogen-bond acceptors (Lipinski definition) is 13. The van der Waals surface area contributed by atoms with Crippen molar-refractivity contribution in [3.63, 3.8) is 0 Å². The van der Waals surface area contributed by atoms with Crippen LogP contribution in [0, 0.1) is 11.6 Å². The van der Waals surface area contributed by atoms with Crippen LogP contribution in [-0.4, -0.2) is 83.3 Å². The highest BCUT2D eigenvalue weighted by atomic mass is 32.2. The number of aromatic nitrogens is 4. The molecule has 0 aliphatic carbocycles. The Kier molecular flexibility index (Phi) is 13.7. The van der Waals surface area contributed by atoms with Gasteiger partial charge < -0.3 is 21.3 Å². The summed E-state index contributed by atoms with van der Waals surface area (Å²) in [5.41, 5.74) is 6.67. The molecule has 2 saturated heterocycles. The topological polar surface area (TPSA) is 239 Å². The largest absolute Gasteiger partial charge is 0.504 e. The average Bonchev–Trinajstić information content (AvgIpc) is 3.25. The van der Waals surface area contributed by atoms with E-state index >= 15 is 0 Å². The molecule has 61 heavy (non-hydrogen) atoms. The van der Waals surface area contributed by atoms with Crippen LogP contribution in [0.15, 0.2) is 85.2 Å². The van der Waals surface area contributed by atoms with Crippen molar-refractivity contribution in [3.05, 3.63) is 119 Å². The van der Waals surface area contributed by atoms with Gasteiger partial charge in [0.05, 0.1) is 11.5 Å². The Balaban J connectivity index is 0.000000175. The Bertz CT molecular complexity index is 2800. The first-order valence-electron chi connectivity index (χ1n) is 19.1. The number of fused-ring (bicyclic) bond motifs is 2. The van der Waals surface area contributed by atoms with Crippen LogP contribution in [0.5, 0.6) is 11.5 Å². The van der Waals surface area contributed by atoms with E-state index in [1.54, 1.807) is 36.4 Å². The zero-order chi connectivity index (χ0) is 43.9. The number of amides is 1. The molecule has 0 bridgehead atoms. The number of pyridine rings is 4. The molecule has 0 radical (unpaired) electrons. The second-order valence-corrected chi connectivity index (χ2v) is 18.0. The highest BCUT2D eigenvalue weighted by Crippen LogP contribution is 2.36. The number of rotatable bonds is 7. The van der Waals surface area contributed by atoms with Crippen molar-refractivity contribution in [3.8, 4) is 11.5 Å². The molecule has 1 amide bonds. The summed E-state index contributed by atoms with van der Waals surface area (Å²) in [4.78, 5) is 41.0. The number of nitrogens with one attached hydrogen (secondary N) is 1. The molecule has 4 aromatic heterocycles. The lowest BCUT2D eigenvalue weighted by atomic mass is 10.1. The molecule has 5 N–H and O–H groups in total. The second-order valence-electron chi connectivity index (χ2n) is 14.0. The Morgan fingerprint density at radius 3 is 1.57 bits per heavy atom. The molecule has 6 heterocycles. The monoisotopic (exact) mass is 876 g/mol. The summed E-state index contributed by atoms with van der Waals surface area (Å²) < 4.78 is 77.4. The minimum Gasteiger partial charge on any atom is -0.504 e. The molecule has 20 heteroatoms. The molecule has 0 spiro atoms. The van der Waals surface area contributed by atoms with Crippen molar-refractivity contribution in [1.29, 1.82) is 0 Å². The van der Waals surface area contributed by atoms with Crippen LogP contribution in [0.3, 0.4) is 0 Å². The molecular weight excluding hydrogens is 835 g/mol. The fourth-order valence-corrected chi connectivity index (χ4v) is 9.74. The zero-order valence-corrected chi connectivity index (χ0v) is 34.5. The first-order valence-corrected chi connectivity index (χ1v) is 22.3. The normalized spacial score (nSPS) is 15.5. The van der Waals surface area contributed by atoms with E-state index in [0.29, 0.717) is 48.7 Å². The van der Waals surface area contributed by atoms with Gasteiger partial charge in [0.25, 0.3) is 5.91 Å². The van der Waals surface area contributed by atoms with Crippen molar-refractivity contribution >= 4 is 65.2 Å². The maximum Gasteiger partial charge on any atom is 0.274 e. The van der Waals surface area contributed by atoms with Gasteiger partial charge in [0.15, 0.2) is 40.3 Å². The van der Waals surface area contributed by atoms with Gasteiger partial charge in [-0.15, -0.1) is 0 Å². The van der Waals surface area contributed by atoms with Crippen molar-refractivity contribution in [2.75, 3.05) is 33.2 Å². The predicted octanol–water partition coefficient (Wildman–Crippen LogP) is 5.09. The highest BCUT2D eigenvalue weighted by molar-refractivity contribution is 7.93. The predicted molar refractivity (Wildman–Crippen MR) is 225 cm³/mol. The summed E-state index contributed by atoms with van der Waals surface area (Å²) in [6.07, 6.45) is 5.45. The molecule has 16 nitrogen and oxygen atoms in total. The van der Waals surface area contributed by atoms with Crippen LogP contribution in [0.4, 0.5) is 20.4 Å². The number of aromatic hydroxyl groups is 2. The van der Waals surface area contributed by atoms with E-state index in [-0.39, 0.29) is 70.2 Å². The number of ketones is 1. The molecule has 6 aromatic rings. The van der Waals surface area contributed by atoms with Crippen molar-refractivity contribution in [1.82, 2.24) is 25.3 Å². The number of Topliss-reactive ketones (excluding diaryl/α,β-unsaturated/α-hetero) is 1. The van der Waals surface area contributed by atoms with Crippen LogP contribution in [0.2, 0.25) is 0 Å². The van der Waals surface area contributed by atoms with Gasteiger partial charge in [-0.3, -0.25) is 28.2 Å².